The van der Waals surface area contributed by atoms with E-state index in [9.17, 15) is 24.3 Å². The molecule has 0 spiro atoms. The molecule has 2 aliphatic heterocycles. The predicted molar refractivity (Wildman–Crippen MR) is 193 cm³/mol. The number of rotatable bonds is 5. The van der Waals surface area contributed by atoms with Gasteiger partial charge in [-0.05, 0) is 49.4 Å². The lowest BCUT2D eigenvalue weighted by Gasteiger charge is -2.25. The number of nitrogens with zero attached hydrogens (tertiary/aromatic N) is 3. The summed E-state index contributed by atoms with van der Waals surface area (Å²) in [5.41, 5.74) is 6.29. The predicted octanol–water partition coefficient (Wildman–Crippen LogP) is 2.87. The molecule has 0 amide bonds. The fraction of sp³-hybridized carbons (Fsp3) is 0.351. The summed E-state index contributed by atoms with van der Waals surface area (Å²) in [4.78, 5) is 59.7. The number of nitrogens with one attached hydrogen (secondary N) is 5. The van der Waals surface area contributed by atoms with Crippen LogP contribution < -0.4 is 33.1 Å². The maximum atomic E-state index is 13.1. The van der Waals surface area contributed by atoms with Crippen LogP contribution in [0.3, 0.4) is 0 Å². The molecule has 0 bridgehead atoms. The van der Waals surface area contributed by atoms with Gasteiger partial charge in [0.25, 0.3) is 11.1 Å². The van der Waals surface area contributed by atoms with E-state index in [0.717, 1.165) is 74.7 Å². The average Bonchev–Trinajstić information content (AvgIpc) is 3.70. The van der Waals surface area contributed by atoms with E-state index in [-0.39, 0.29) is 28.7 Å². The van der Waals surface area contributed by atoms with Gasteiger partial charge in [-0.2, -0.15) is 0 Å². The second-order valence-electron chi connectivity index (χ2n) is 13.1. The van der Waals surface area contributed by atoms with E-state index in [1.54, 1.807) is 6.92 Å². The van der Waals surface area contributed by atoms with E-state index in [2.05, 4.69) is 37.7 Å². The third kappa shape index (κ3) is 5.42. The number of aromatic amines is 3. The van der Waals surface area contributed by atoms with Crippen molar-refractivity contribution in [3.63, 3.8) is 0 Å². The Bertz CT molecular complexity index is 2490. The largest absolute Gasteiger partial charge is 0.494 e. The van der Waals surface area contributed by atoms with Gasteiger partial charge >= 0.3 is 11.4 Å². The molecule has 50 heavy (non-hydrogen) atoms. The number of hydrogen-bond acceptors (Lipinski definition) is 7. The van der Waals surface area contributed by atoms with E-state index < -0.39 is 17.3 Å². The van der Waals surface area contributed by atoms with Crippen molar-refractivity contribution in [3.05, 3.63) is 130 Å². The van der Waals surface area contributed by atoms with Gasteiger partial charge in [0.2, 0.25) is 5.88 Å². The van der Waals surface area contributed by atoms with Crippen LogP contribution in [0.25, 0.3) is 21.8 Å². The molecule has 4 aromatic heterocycles. The normalized spacial score (nSPS) is 17.0. The van der Waals surface area contributed by atoms with Crippen molar-refractivity contribution in [2.45, 2.75) is 58.2 Å². The van der Waals surface area contributed by atoms with Gasteiger partial charge in [-0.15, -0.1) is 0 Å². The highest BCUT2D eigenvalue weighted by Gasteiger charge is 2.32. The molecule has 2 aromatic carbocycles. The molecule has 2 atom stereocenters. The molecule has 0 saturated carbocycles. The molecule has 0 saturated heterocycles. The highest BCUT2D eigenvalue weighted by Crippen LogP contribution is 2.35. The molecular weight excluding hydrogens is 636 g/mol. The maximum absolute atomic E-state index is 13.1. The minimum absolute atomic E-state index is 0.187. The topological polar surface area (TPSA) is 175 Å². The molecule has 2 aliphatic rings. The molecule has 13 heteroatoms. The molecule has 0 aliphatic carbocycles. The van der Waals surface area contributed by atoms with Crippen LogP contribution >= 0.6 is 0 Å². The highest BCUT2D eigenvalue weighted by molar-refractivity contribution is 5.86. The number of hydrogen-bond donors (Lipinski definition) is 6. The minimum Gasteiger partial charge on any atom is -0.494 e. The lowest BCUT2D eigenvalue weighted by molar-refractivity contribution is 0.391. The number of aryl methyl sites for hydroxylation is 1. The smallest absolute Gasteiger partial charge is 0.333 e. The van der Waals surface area contributed by atoms with E-state index in [0.29, 0.717) is 24.3 Å². The Labute approximate surface area is 286 Å². The number of benzene rings is 2. The van der Waals surface area contributed by atoms with Gasteiger partial charge in [-0.3, -0.25) is 23.3 Å². The van der Waals surface area contributed by atoms with Crippen LogP contribution in [0.2, 0.25) is 0 Å². The lowest BCUT2D eigenvalue weighted by atomic mass is 9.94. The fourth-order valence-corrected chi connectivity index (χ4v) is 7.52. The summed E-state index contributed by atoms with van der Waals surface area (Å²) in [6.07, 6.45) is 3.50. The van der Waals surface area contributed by atoms with Gasteiger partial charge in [0, 0.05) is 72.6 Å². The van der Waals surface area contributed by atoms with Crippen molar-refractivity contribution in [1.82, 2.24) is 39.3 Å². The molecule has 0 radical (unpaired) electrons. The van der Waals surface area contributed by atoms with Gasteiger partial charge in [0.15, 0.2) is 0 Å². The number of para-hydroxylation sites is 2. The summed E-state index contributed by atoms with van der Waals surface area (Å²) >= 11 is 0. The summed E-state index contributed by atoms with van der Waals surface area (Å²) in [6, 6.07) is 15.5. The van der Waals surface area contributed by atoms with Gasteiger partial charge < -0.3 is 30.7 Å². The van der Waals surface area contributed by atoms with Crippen molar-refractivity contribution in [3.8, 4) is 5.88 Å². The summed E-state index contributed by atoms with van der Waals surface area (Å²) in [5.74, 6) is -0.299. The molecule has 13 nitrogen and oxygen atoms in total. The van der Waals surface area contributed by atoms with Gasteiger partial charge in [0.1, 0.15) is 5.56 Å². The van der Waals surface area contributed by atoms with E-state index >= 15 is 0 Å². The maximum Gasteiger partial charge on any atom is 0.333 e. The molecule has 6 heterocycles. The molecule has 0 fully saturated rings. The van der Waals surface area contributed by atoms with Crippen molar-refractivity contribution in [2.24, 2.45) is 14.1 Å². The minimum atomic E-state index is -0.547. The van der Waals surface area contributed by atoms with Crippen LogP contribution in [0.1, 0.15) is 71.2 Å². The number of fused-ring (bicyclic) bond motifs is 6. The van der Waals surface area contributed by atoms with Gasteiger partial charge in [0.05, 0.1) is 17.6 Å². The van der Waals surface area contributed by atoms with Crippen LogP contribution in [-0.4, -0.2) is 46.8 Å². The van der Waals surface area contributed by atoms with Crippen LogP contribution in [0.4, 0.5) is 0 Å². The summed E-state index contributed by atoms with van der Waals surface area (Å²) in [5, 5.41) is 19.5. The van der Waals surface area contributed by atoms with Crippen molar-refractivity contribution in [1.29, 1.82) is 0 Å². The number of aromatic nitrogens is 6. The van der Waals surface area contributed by atoms with Crippen LogP contribution in [-0.2, 0) is 33.5 Å². The number of H-pyrrole nitrogens is 3. The van der Waals surface area contributed by atoms with Gasteiger partial charge in [-0.25, -0.2) is 9.59 Å². The van der Waals surface area contributed by atoms with Crippen LogP contribution in [0.5, 0.6) is 5.88 Å². The first-order chi connectivity index (χ1) is 24.1. The number of unbranched alkanes of at least 4 members (excludes halogenated alkanes) is 1. The first-order valence-electron chi connectivity index (χ1n) is 17.1. The zero-order valence-electron chi connectivity index (χ0n) is 28.6. The Balaban J connectivity index is 0.000000157. The summed E-state index contributed by atoms with van der Waals surface area (Å²) < 4.78 is 3.45. The fourth-order valence-electron chi connectivity index (χ4n) is 7.52. The Morgan fingerprint density at radius 1 is 0.740 bits per heavy atom. The van der Waals surface area contributed by atoms with E-state index in [4.69, 9.17) is 0 Å². The number of aromatic hydroxyl groups is 1. The second-order valence-corrected chi connectivity index (χ2v) is 13.1. The highest BCUT2D eigenvalue weighted by atomic mass is 16.3. The van der Waals surface area contributed by atoms with E-state index in [1.165, 1.54) is 29.6 Å². The quantitative estimate of drug-likeness (QED) is 0.163. The Hall–Kier alpha value is -5.40. The van der Waals surface area contributed by atoms with Crippen molar-refractivity contribution >= 4 is 21.8 Å². The summed E-state index contributed by atoms with van der Waals surface area (Å²) in [7, 11) is 2.87. The third-order valence-corrected chi connectivity index (χ3v) is 10.1. The molecule has 6 aromatic rings. The van der Waals surface area contributed by atoms with Gasteiger partial charge in [-0.1, -0.05) is 49.7 Å². The van der Waals surface area contributed by atoms with Crippen LogP contribution in [0.15, 0.2) is 67.7 Å². The van der Waals surface area contributed by atoms with E-state index in [1.807, 2.05) is 43.3 Å². The molecule has 8 rings (SSSR count). The molecule has 6 N–H and O–H groups in total. The SMILES string of the molecule is CCCCn1c(=O)[nH]c(C)c(C2NCCc3c2[nH]c2ccccc32)c1=O.Cn1c(O)c(C2NCCc3c2[nH]c2ccccc32)c(=O)n(C)c1=O. The first-order valence-corrected chi connectivity index (χ1v) is 17.1. The lowest BCUT2D eigenvalue weighted by Crippen LogP contribution is -2.42. The Morgan fingerprint density at radius 2 is 1.28 bits per heavy atom. The first kappa shape index (κ1) is 33.1. The van der Waals surface area contributed by atoms with Crippen molar-refractivity contribution in [2.75, 3.05) is 13.1 Å². The zero-order chi connectivity index (χ0) is 35.3. The standard InChI is InChI=1S/C20H24N4O2.C17H18N4O3/c1-3-4-11-24-19(25)16(12(2)22-20(24)26)18-17-14(9-10-21-18)13-7-5-6-8-15(13)23-17;1-20-15(22)12(16(23)21(2)17(20)24)14-13-10(7-8-18-14)9-5-3-4-6-11(9)19-13/h5-8,18,21,23H,3-4,9-11H2,1-2H3,(H,22,26);3-6,14,18-19,22H,7-8H2,1-2H3. The third-order valence-electron chi connectivity index (χ3n) is 10.1. The Kier molecular flexibility index (Phi) is 8.70. The Morgan fingerprint density at radius 3 is 1.84 bits per heavy atom. The molecule has 260 valence electrons. The summed E-state index contributed by atoms with van der Waals surface area (Å²) in [6.45, 7) is 5.79. The van der Waals surface area contributed by atoms with Crippen molar-refractivity contribution < 1.29 is 5.11 Å². The molecular formula is C37H42N8O5. The molecule has 2 unspecified atom stereocenters. The van der Waals surface area contributed by atoms with Crippen LogP contribution in [0, 0.1) is 6.92 Å². The second kappa shape index (κ2) is 13.1. The monoisotopic (exact) mass is 678 g/mol. The zero-order valence-corrected chi connectivity index (χ0v) is 28.6. The average molecular weight is 679 g/mol.